The van der Waals surface area contributed by atoms with E-state index in [9.17, 15) is 14.4 Å². The van der Waals surface area contributed by atoms with Crippen LogP contribution in [0.25, 0.3) is 32.7 Å². The molecule has 3 fully saturated rings. The van der Waals surface area contributed by atoms with Gasteiger partial charge in [-0.2, -0.15) is 0 Å². The summed E-state index contributed by atoms with van der Waals surface area (Å²) in [5, 5.41) is 21.9. The fourth-order valence-corrected chi connectivity index (χ4v) is 13.0. The van der Waals surface area contributed by atoms with Gasteiger partial charge in [-0.15, -0.1) is 0 Å². The Morgan fingerprint density at radius 3 is 1.03 bits per heavy atom. The minimum atomic E-state index is -0.536. The summed E-state index contributed by atoms with van der Waals surface area (Å²) in [6.07, 6.45) is 3.83. The first-order valence-corrected chi connectivity index (χ1v) is 35.5. The molecule has 0 saturated carbocycles. The van der Waals surface area contributed by atoms with Crippen molar-refractivity contribution in [3.8, 4) is 34.9 Å². The second kappa shape index (κ2) is 33.3. The number of hydrogen-bond donors (Lipinski definition) is 10. The Hall–Kier alpha value is -12.5. The summed E-state index contributed by atoms with van der Waals surface area (Å²) in [4.78, 5) is 84.6. The molecule has 9 heterocycles. The molecule has 0 spiro atoms. The van der Waals surface area contributed by atoms with Gasteiger partial charge in [-0.3, -0.25) is 14.4 Å². The molecule has 558 valence electrons. The maximum atomic E-state index is 15.2. The van der Waals surface area contributed by atoms with Crippen LogP contribution in [0.2, 0.25) is 0 Å². The number of nitrogens with one attached hydrogen (secondary N) is 10. The van der Waals surface area contributed by atoms with Crippen LogP contribution in [-0.4, -0.2) is 186 Å². The number of amides is 3. The Balaban J connectivity index is 0.000000143. The van der Waals surface area contributed by atoms with Crippen molar-refractivity contribution in [1.82, 2.24) is 75.9 Å². The maximum absolute atomic E-state index is 15.2. The molecular weight excluding hydrogens is 1380 g/mol. The van der Waals surface area contributed by atoms with Gasteiger partial charge in [-0.25, -0.2) is 43.1 Å². The summed E-state index contributed by atoms with van der Waals surface area (Å²) in [5.74, 6) is -2.46. The molecule has 3 saturated heterocycles. The summed E-state index contributed by atoms with van der Waals surface area (Å²) < 4.78 is 62.8. The normalized spacial score (nSPS) is 14.0. The molecule has 27 nitrogen and oxygen atoms in total. The first-order valence-electron chi connectivity index (χ1n) is 35.5. The van der Waals surface area contributed by atoms with Crippen LogP contribution >= 0.6 is 0 Å². The molecule has 0 unspecified atom stereocenters. The fraction of sp³-hybridized carbons (Fsp3) is 0.269. The molecule has 30 heteroatoms. The molecule has 6 aromatic heterocycles. The highest BCUT2D eigenvalue weighted by molar-refractivity contribution is 6.03. The lowest BCUT2D eigenvalue weighted by Crippen LogP contribution is -2.46. The lowest BCUT2D eigenvalue weighted by molar-refractivity contribution is 0.0952. The van der Waals surface area contributed by atoms with Gasteiger partial charge in [-0.1, -0.05) is 6.92 Å². The summed E-state index contributed by atoms with van der Waals surface area (Å²) in [5.41, 5.74) is 10.4. The van der Waals surface area contributed by atoms with E-state index in [1.54, 1.807) is 36.4 Å². The standard InChI is InChI=1S/C27H30FN7O2.C26H28FN7O2.C25H26FN7O2/c1-4-34-11-13-35(14-12-34)19-7-5-18(6-8-19)33-25-23(26(36)29-3)27(31-16-30-25)37-22-10-9-21-20(24(22)28)15-17(2)32-21;1-16-14-19-20(31-16)8-9-21(23(19)27)36-26-22(25(35)28-2)24(29-15-30-26)32-17-4-6-18(7-5-17)34-12-10-33(3)11-13-34;1-15-13-18-19(31-15)7-8-20(22(18)26)35-25-21(24(34)27-2)23(29-14-30-25)32-16-3-5-17(6-4-16)33-11-9-28-10-12-33/h5-10,15-16,32H,4,11-14H2,1-3H3,(H,29,36)(H,30,31,33);4-9,14-15,31H,10-13H2,1-3H3,(H,28,35)(H,29,30,32);3-8,13-14,28,31H,9-12H2,1-2H3,(H,27,34)(H,29,30,32). The zero-order valence-electron chi connectivity index (χ0n) is 61.1. The number of H-pyrrole nitrogens is 3. The summed E-state index contributed by atoms with van der Waals surface area (Å²) >= 11 is 0. The monoisotopic (exact) mass is 1470 g/mol. The van der Waals surface area contributed by atoms with E-state index >= 15 is 13.2 Å². The minimum Gasteiger partial charge on any atom is -0.435 e. The number of aromatic nitrogens is 9. The van der Waals surface area contributed by atoms with Crippen LogP contribution in [0.3, 0.4) is 0 Å². The number of aryl methyl sites for hydroxylation is 3. The third-order valence-electron chi connectivity index (χ3n) is 18.9. The summed E-state index contributed by atoms with van der Waals surface area (Å²) in [6, 6.07) is 38.6. The Morgan fingerprint density at radius 1 is 0.417 bits per heavy atom. The fourth-order valence-electron chi connectivity index (χ4n) is 13.0. The minimum absolute atomic E-state index is 0.0335. The molecule has 0 radical (unpaired) electrons. The highest BCUT2D eigenvalue weighted by atomic mass is 19.1. The number of fused-ring (bicyclic) bond motifs is 3. The van der Waals surface area contributed by atoms with Gasteiger partial charge in [0.05, 0.1) is 0 Å². The van der Waals surface area contributed by atoms with Crippen LogP contribution in [0.1, 0.15) is 55.1 Å². The van der Waals surface area contributed by atoms with Crippen molar-refractivity contribution in [3.05, 3.63) is 198 Å². The van der Waals surface area contributed by atoms with Crippen molar-refractivity contribution in [2.75, 3.05) is 144 Å². The van der Waals surface area contributed by atoms with E-state index < -0.39 is 35.2 Å². The highest BCUT2D eigenvalue weighted by Gasteiger charge is 2.28. The second-order valence-corrected chi connectivity index (χ2v) is 26.1. The van der Waals surface area contributed by atoms with Gasteiger partial charge in [-0.05, 0) is 162 Å². The number of anilines is 9. The lowest BCUT2D eigenvalue weighted by Gasteiger charge is -2.35. The number of rotatable bonds is 19. The predicted molar refractivity (Wildman–Crippen MR) is 414 cm³/mol. The zero-order chi connectivity index (χ0) is 75.5. The number of piperazine rings is 3. The van der Waals surface area contributed by atoms with Crippen molar-refractivity contribution < 1.29 is 41.8 Å². The quantitative estimate of drug-likeness (QED) is 0.0360. The van der Waals surface area contributed by atoms with Gasteiger partial charge in [0.2, 0.25) is 17.6 Å². The molecule has 0 aliphatic carbocycles. The van der Waals surface area contributed by atoms with Crippen LogP contribution in [0.15, 0.2) is 146 Å². The third kappa shape index (κ3) is 16.7. The molecule has 0 bridgehead atoms. The van der Waals surface area contributed by atoms with Gasteiger partial charge >= 0.3 is 0 Å². The van der Waals surface area contributed by atoms with Crippen molar-refractivity contribution in [2.45, 2.75) is 27.7 Å². The number of hydrogen-bond acceptors (Lipinski definition) is 21. The Labute approximate surface area is 621 Å². The largest absolute Gasteiger partial charge is 0.435 e. The number of nitrogens with zero attached hydrogens (tertiary/aromatic N) is 11. The molecule has 3 aliphatic rings. The predicted octanol–water partition coefficient (Wildman–Crippen LogP) is 12.2. The molecule has 3 aliphatic heterocycles. The van der Waals surface area contributed by atoms with Crippen LogP contribution in [-0.2, 0) is 0 Å². The van der Waals surface area contributed by atoms with E-state index in [0.29, 0.717) is 32.7 Å². The highest BCUT2D eigenvalue weighted by Crippen LogP contribution is 2.38. The van der Waals surface area contributed by atoms with E-state index in [1.807, 2.05) is 93.6 Å². The number of carbonyl (C=O) groups is 3. The molecular formula is C78H84F3N21O6. The van der Waals surface area contributed by atoms with Crippen LogP contribution in [0.4, 0.5) is 64.7 Å². The topological polar surface area (TPSA) is 304 Å². The van der Waals surface area contributed by atoms with Gasteiger partial charge in [0.1, 0.15) is 35.7 Å². The molecule has 10 N–H and O–H groups in total. The molecule has 12 aromatic rings. The number of aromatic amines is 3. The van der Waals surface area contributed by atoms with Crippen molar-refractivity contribution in [2.24, 2.45) is 0 Å². The number of halogens is 3. The maximum Gasteiger partial charge on any atom is 0.260 e. The van der Waals surface area contributed by atoms with Gasteiger partial charge in [0.15, 0.2) is 52.2 Å². The van der Waals surface area contributed by atoms with Gasteiger partial charge in [0.25, 0.3) is 17.7 Å². The molecule has 0 atom stereocenters. The zero-order valence-corrected chi connectivity index (χ0v) is 61.1. The van der Waals surface area contributed by atoms with E-state index in [-0.39, 0.29) is 69.0 Å². The Morgan fingerprint density at radius 2 is 0.722 bits per heavy atom. The second-order valence-electron chi connectivity index (χ2n) is 26.1. The van der Waals surface area contributed by atoms with Crippen LogP contribution < -0.4 is 66.1 Å². The van der Waals surface area contributed by atoms with Crippen LogP contribution in [0.5, 0.6) is 34.9 Å². The van der Waals surface area contributed by atoms with E-state index in [0.717, 1.165) is 136 Å². The Bertz CT molecular complexity index is 5190. The third-order valence-corrected chi connectivity index (χ3v) is 18.9. The number of carbonyl (C=O) groups excluding carboxylic acids is 3. The molecule has 108 heavy (non-hydrogen) atoms. The average molecular weight is 1470 g/mol. The van der Waals surface area contributed by atoms with Crippen molar-refractivity contribution >= 4 is 102 Å². The number of ether oxygens (including phenoxy) is 3. The van der Waals surface area contributed by atoms with E-state index in [2.05, 4.69) is 121 Å². The molecule has 3 amide bonds. The Kier molecular flexibility index (Phi) is 22.7. The van der Waals surface area contributed by atoms with E-state index in [4.69, 9.17) is 14.2 Å². The van der Waals surface area contributed by atoms with E-state index in [1.165, 1.54) is 58.3 Å². The van der Waals surface area contributed by atoms with Gasteiger partial charge in [0, 0.05) is 184 Å². The van der Waals surface area contributed by atoms with Crippen LogP contribution in [0, 0.1) is 38.2 Å². The van der Waals surface area contributed by atoms with Crippen molar-refractivity contribution in [3.63, 3.8) is 0 Å². The summed E-state index contributed by atoms with van der Waals surface area (Å²) in [6.45, 7) is 20.7. The number of benzene rings is 6. The smallest absolute Gasteiger partial charge is 0.260 e. The summed E-state index contributed by atoms with van der Waals surface area (Å²) in [7, 11) is 6.64. The van der Waals surface area contributed by atoms with Crippen molar-refractivity contribution in [1.29, 1.82) is 0 Å². The lowest BCUT2D eigenvalue weighted by atomic mass is 10.2. The first-order chi connectivity index (χ1) is 52.4. The molecule has 15 rings (SSSR count). The number of likely N-dealkylation sites (N-methyl/N-ethyl adjacent to an activating group) is 2. The SMILES string of the molecule is CCN1CCN(c2ccc(Nc3ncnc(Oc4ccc5[nH]c(C)cc5c4F)c3C(=O)NC)cc2)CC1.CNC(=O)c1c(Nc2ccc(N3CCN(C)CC3)cc2)ncnc1Oc1ccc2[nH]c(C)cc2c1F.CNC(=O)c1c(Nc2ccc(N3CCNCC3)cc2)ncnc1Oc1ccc2[nH]c(C)cc2c1F. The first kappa shape index (κ1) is 73.8. The average Bonchev–Trinajstić information content (AvgIpc) is 1.43. The molecule has 6 aromatic carbocycles. The van der Waals surface area contributed by atoms with Gasteiger partial charge < -0.3 is 90.9 Å².